The van der Waals surface area contributed by atoms with E-state index in [-0.39, 0.29) is 10.6 Å². The van der Waals surface area contributed by atoms with Gasteiger partial charge >= 0.3 is 0 Å². The van der Waals surface area contributed by atoms with Gasteiger partial charge in [-0.15, -0.1) is 4.40 Å². The van der Waals surface area contributed by atoms with Crippen molar-refractivity contribution < 1.29 is 18.3 Å². The van der Waals surface area contributed by atoms with Crippen molar-refractivity contribution >= 4 is 38.7 Å². The maximum absolute atomic E-state index is 11.8. The Morgan fingerprint density at radius 3 is 2.25 bits per heavy atom. The van der Waals surface area contributed by atoms with E-state index in [4.69, 9.17) is 4.74 Å². The van der Waals surface area contributed by atoms with E-state index in [1.54, 1.807) is 42.5 Å². The number of sulfonamides is 1. The lowest BCUT2D eigenvalue weighted by molar-refractivity contribution is -0.239. The SMILES string of the molecule is O=S(=O)(/N=C(/[O-])Oc1ccc(I)cc1)c1ccccc1. The molecule has 0 fully saturated rings. The van der Waals surface area contributed by atoms with Crippen LogP contribution in [0.15, 0.2) is 63.9 Å². The van der Waals surface area contributed by atoms with Gasteiger partial charge in [0.1, 0.15) is 0 Å². The van der Waals surface area contributed by atoms with E-state index < -0.39 is 16.1 Å². The summed E-state index contributed by atoms with van der Waals surface area (Å²) in [5, 5.41) is 11.5. The molecule has 0 saturated heterocycles. The summed E-state index contributed by atoms with van der Waals surface area (Å²) < 4.78 is 32.5. The zero-order valence-corrected chi connectivity index (χ0v) is 13.0. The Kier molecular flexibility index (Phi) is 4.61. The number of halogens is 1. The second-order valence-corrected chi connectivity index (χ2v) is 6.55. The van der Waals surface area contributed by atoms with Crippen LogP contribution in [0.25, 0.3) is 0 Å². The minimum Gasteiger partial charge on any atom is -0.566 e. The average Bonchev–Trinajstić information content (AvgIpc) is 2.42. The first kappa shape index (κ1) is 14.8. The quantitative estimate of drug-likeness (QED) is 0.446. The molecule has 0 unspecified atom stereocenters. The molecule has 0 aliphatic rings. The molecule has 0 aromatic heterocycles. The van der Waals surface area contributed by atoms with Crippen molar-refractivity contribution in [2.45, 2.75) is 4.90 Å². The second kappa shape index (κ2) is 6.23. The van der Waals surface area contributed by atoms with Crippen molar-refractivity contribution in [3.8, 4) is 5.75 Å². The minimum absolute atomic E-state index is 0.0560. The van der Waals surface area contributed by atoms with Gasteiger partial charge in [-0.3, -0.25) is 0 Å². The van der Waals surface area contributed by atoms with Gasteiger partial charge in [-0.25, -0.2) is 0 Å². The minimum atomic E-state index is -4.04. The molecule has 0 radical (unpaired) electrons. The molecule has 0 N–H and O–H groups in total. The first-order valence-electron chi connectivity index (χ1n) is 5.48. The van der Waals surface area contributed by atoms with Crippen LogP contribution in [0, 0.1) is 3.57 Å². The molecule has 5 nitrogen and oxygen atoms in total. The summed E-state index contributed by atoms with van der Waals surface area (Å²) in [6.07, 6.45) is -1.17. The highest BCUT2D eigenvalue weighted by molar-refractivity contribution is 14.1. The number of nitrogens with zero attached hydrogens (tertiary/aromatic N) is 1. The standard InChI is InChI=1S/C13H10INO4S/c14-10-6-8-11(9-7-10)19-13(16)15-20(17,18)12-4-2-1-3-5-12/h1-9H,(H,15,16)/p-1. The van der Waals surface area contributed by atoms with Gasteiger partial charge in [-0.1, -0.05) is 18.2 Å². The van der Waals surface area contributed by atoms with Crippen molar-refractivity contribution in [2.24, 2.45) is 4.40 Å². The summed E-state index contributed by atoms with van der Waals surface area (Å²) in [6.45, 7) is 0. The highest BCUT2D eigenvalue weighted by Crippen LogP contribution is 2.15. The van der Waals surface area contributed by atoms with E-state index >= 15 is 0 Å². The van der Waals surface area contributed by atoms with Gasteiger partial charge in [0.25, 0.3) is 10.0 Å². The van der Waals surface area contributed by atoms with Crippen molar-refractivity contribution in [3.63, 3.8) is 0 Å². The van der Waals surface area contributed by atoms with E-state index in [9.17, 15) is 13.5 Å². The molecule has 2 rings (SSSR count). The van der Waals surface area contributed by atoms with Crippen LogP contribution in [0.4, 0.5) is 0 Å². The molecule has 0 aliphatic heterocycles. The van der Waals surface area contributed by atoms with Crippen LogP contribution in [0.5, 0.6) is 5.75 Å². The molecule has 0 amide bonds. The number of hydrogen-bond acceptors (Lipinski definition) is 4. The van der Waals surface area contributed by atoms with Crippen molar-refractivity contribution in [1.82, 2.24) is 0 Å². The molecule has 0 spiro atoms. The zero-order valence-electron chi connectivity index (χ0n) is 10.1. The third-order valence-electron chi connectivity index (χ3n) is 2.25. The van der Waals surface area contributed by atoms with Gasteiger partial charge in [0.05, 0.1) is 4.90 Å². The maximum Gasteiger partial charge on any atom is 0.284 e. The normalized spacial score (nSPS) is 12.2. The molecule has 0 heterocycles. The highest BCUT2D eigenvalue weighted by atomic mass is 127. The number of rotatable bonds is 3. The number of ether oxygens (including phenoxy) is 1. The highest BCUT2D eigenvalue weighted by Gasteiger charge is 2.11. The molecule has 0 aliphatic carbocycles. The van der Waals surface area contributed by atoms with Gasteiger partial charge in [-0.2, -0.15) is 8.42 Å². The molecule has 2 aromatic carbocycles. The first-order chi connectivity index (χ1) is 9.47. The molecule has 7 heteroatoms. The Morgan fingerprint density at radius 2 is 1.65 bits per heavy atom. The van der Waals surface area contributed by atoms with E-state index in [1.807, 2.05) is 0 Å². The fraction of sp³-hybridized carbons (Fsp3) is 0. The average molecular weight is 402 g/mol. The van der Waals surface area contributed by atoms with E-state index in [1.165, 1.54) is 12.1 Å². The predicted octanol–water partition coefficient (Wildman–Crippen LogP) is 1.78. The van der Waals surface area contributed by atoms with Gasteiger partial charge < -0.3 is 9.84 Å². The maximum atomic E-state index is 11.8. The van der Waals surface area contributed by atoms with Crippen molar-refractivity contribution in [1.29, 1.82) is 0 Å². The Bertz CT molecular complexity index is 712. The van der Waals surface area contributed by atoms with Crippen LogP contribution >= 0.6 is 22.6 Å². The van der Waals surface area contributed by atoms with E-state index in [2.05, 4.69) is 27.0 Å². The summed E-state index contributed by atoms with van der Waals surface area (Å²) in [5.41, 5.74) is 0. The number of benzene rings is 2. The van der Waals surface area contributed by atoms with Crippen LogP contribution in [-0.2, 0) is 10.0 Å². The Balaban J connectivity index is 2.20. The molecule has 0 atom stereocenters. The summed E-state index contributed by atoms with van der Waals surface area (Å²) >= 11 is 2.10. The first-order valence-corrected chi connectivity index (χ1v) is 8.00. The van der Waals surface area contributed by atoms with E-state index in [0.29, 0.717) is 0 Å². The fourth-order valence-electron chi connectivity index (χ4n) is 1.37. The summed E-state index contributed by atoms with van der Waals surface area (Å²) in [5.74, 6) is 0.238. The van der Waals surface area contributed by atoms with Gasteiger partial charge in [-0.05, 0) is 59.0 Å². The third-order valence-corrected chi connectivity index (χ3v) is 4.23. The van der Waals surface area contributed by atoms with Crippen molar-refractivity contribution in [3.05, 3.63) is 58.2 Å². The van der Waals surface area contributed by atoms with Gasteiger partial charge in [0.2, 0.25) is 0 Å². The van der Waals surface area contributed by atoms with Crippen LogP contribution in [-0.4, -0.2) is 14.5 Å². The molecule has 0 bridgehead atoms. The van der Waals surface area contributed by atoms with E-state index in [0.717, 1.165) is 3.57 Å². The van der Waals surface area contributed by atoms with Crippen molar-refractivity contribution in [2.75, 3.05) is 0 Å². The lowest BCUT2D eigenvalue weighted by Crippen LogP contribution is -2.26. The summed E-state index contributed by atoms with van der Waals surface area (Å²) in [6, 6.07) is 14.1. The Labute approximate surface area is 130 Å². The summed E-state index contributed by atoms with van der Waals surface area (Å²) in [7, 11) is -4.04. The van der Waals surface area contributed by atoms with Gasteiger partial charge in [0.15, 0.2) is 6.08 Å². The zero-order chi connectivity index (χ0) is 14.6. The number of hydrogen-bond donors (Lipinski definition) is 0. The second-order valence-electron chi connectivity index (χ2n) is 3.70. The summed E-state index contributed by atoms with van der Waals surface area (Å²) in [4.78, 5) is -0.0560. The molecular weight excluding hydrogens is 393 g/mol. The van der Waals surface area contributed by atoms with Crippen LogP contribution in [0.1, 0.15) is 0 Å². The smallest absolute Gasteiger partial charge is 0.284 e. The fourth-order valence-corrected chi connectivity index (χ4v) is 2.56. The molecular formula is C13H9INO4S-. The monoisotopic (exact) mass is 402 g/mol. The molecule has 104 valence electrons. The Hall–Kier alpha value is -1.61. The van der Waals surface area contributed by atoms with Crippen LogP contribution in [0.3, 0.4) is 0 Å². The predicted molar refractivity (Wildman–Crippen MR) is 80.8 cm³/mol. The van der Waals surface area contributed by atoms with Gasteiger partial charge in [0, 0.05) is 9.32 Å². The van der Waals surface area contributed by atoms with Crippen LogP contribution in [0.2, 0.25) is 0 Å². The Morgan fingerprint density at radius 1 is 1.05 bits per heavy atom. The third kappa shape index (κ3) is 3.94. The molecule has 2 aromatic rings. The topological polar surface area (TPSA) is 78.8 Å². The largest absolute Gasteiger partial charge is 0.566 e. The lowest BCUT2D eigenvalue weighted by atomic mass is 10.3. The van der Waals surface area contributed by atoms with Crippen LogP contribution < -0.4 is 9.84 Å². The lowest BCUT2D eigenvalue weighted by Gasteiger charge is -2.13. The molecule has 20 heavy (non-hydrogen) atoms. The molecule has 0 saturated carbocycles.